The van der Waals surface area contributed by atoms with Crippen LogP contribution in [0.1, 0.15) is 24.5 Å². The molecule has 1 N–H and O–H groups in total. The van der Waals surface area contributed by atoms with Crippen LogP contribution in [0, 0.1) is 0 Å². The van der Waals surface area contributed by atoms with E-state index in [2.05, 4.69) is 9.88 Å². The summed E-state index contributed by atoms with van der Waals surface area (Å²) in [5.41, 5.74) is 1.70. The summed E-state index contributed by atoms with van der Waals surface area (Å²) in [4.78, 5) is 18.9. The lowest BCUT2D eigenvalue weighted by Crippen LogP contribution is -2.35. The number of aryl methyl sites for hydroxylation is 1. The van der Waals surface area contributed by atoms with Crippen LogP contribution in [0.3, 0.4) is 0 Å². The Labute approximate surface area is 129 Å². The van der Waals surface area contributed by atoms with Gasteiger partial charge >= 0.3 is 0 Å². The molecule has 3 heterocycles. The highest BCUT2D eigenvalue weighted by molar-refractivity contribution is 5.56. The third-order valence-corrected chi connectivity index (χ3v) is 4.02. The molecule has 0 aromatic carbocycles. The van der Waals surface area contributed by atoms with Crippen molar-refractivity contribution < 1.29 is 9.84 Å². The molecule has 2 aromatic rings. The van der Waals surface area contributed by atoms with Crippen LogP contribution in [0.4, 0.5) is 0 Å². The van der Waals surface area contributed by atoms with Gasteiger partial charge in [0.1, 0.15) is 0 Å². The molecule has 6 nitrogen and oxygen atoms in total. The van der Waals surface area contributed by atoms with Gasteiger partial charge in [0.15, 0.2) is 11.4 Å². The van der Waals surface area contributed by atoms with Gasteiger partial charge in [0.25, 0.3) is 5.56 Å². The molecule has 0 aliphatic carbocycles. The van der Waals surface area contributed by atoms with E-state index in [0.717, 1.165) is 25.1 Å². The minimum absolute atomic E-state index is 0.0918. The highest BCUT2D eigenvalue weighted by Gasteiger charge is 2.16. The van der Waals surface area contributed by atoms with Gasteiger partial charge in [-0.25, -0.2) is 4.98 Å². The first-order valence-electron chi connectivity index (χ1n) is 7.72. The lowest BCUT2D eigenvalue weighted by atomic mass is 10.2. The zero-order chi connectivity index (χ0) is 15.5. The van der Waals surface area contributed by atoms with Gasteiger partial charge in [-0.05, 0) is 12.5 Å². The largest absolute Gasteiger partial charge is 0.504 e. The Balaban J connectivity index is 1.95. The Kier molecular flexibility index (Phi) is 4.40. The van der Waals surface area contributed by atoms with E-state index < -0.39 is 0 Å². The Morgan fingerprint density at radius 2 is 2.09 bits per heavy atom. The topological polar surface area (TPSA) is 67.1 Å². The van der Waals surface area contributed by atoms with E-state index in [0.29, 0.717) is 37.4 Å². The maximum Gasteiger partial charge on any atom is 0.261 e. The lowest BCUT2D eigenvalue weighted by Gasteiger charge is -2.26. The number of aromatic nitrogens is 2. The van der Waals surface area contributed by atoms with E-state index in [1.165, 1.54) is 4.40 Å². The zero-order valence-electron chi connectivity index (χ0n) is 12.8. The molecule has 0 radical (unpaired) electrons. The number of rotatable bonds is 4. The van der Waals surface area contributed by atoms with Gasteiger partial charge in [-0.1, -0.05) is 13.3 Å². The van der Waals surface area contributed by atoms with Crippen LogP contribution < -0.4 is 5.56 Å². The molecule has 6 heteroatoms. The van der Waals surface area contributed by atoms with Crippen LogP contribution >= 0.6 is 0 Å². The van der Waals surface area contributed by atoms with Crippen molar-refractivity contribution in [2.45, 2.75) is 26.3 Å². The van der Waals surface area contributed by atoms with Gasteiger partial charge in [0, 0.05) is 43.2 Å². The van der Waals surface area contributed by atoms with Crippen molar-refractivity contribution >= 4 is 5.65 Å². The second-order valence-corrected chi connectivity index (χ2v) is 5.61. The molecule has 0 bridgehead atoms. The van der Waals surface area contributed by atoms with Gasteiger partial charge < -0.3 is 9.84 Å². The van der Waals surface area contributed by atoms with Crippen LogP contribution in [0.15, 0.2) is 23.3 Å². The fourth-order valence-corrected chi connectivity index (χ4v) is 2.78. The summed E-state index contributed by atoms with van der Waals surface area (Å²) < 4.78 is 6.76. The average molecular weight is 303 g/mol. The molecule has 1 saturated heterocycles. The van der Waals surface area contributed by atoms with Gasteiger partial charge in [0.05, 0.1) is 13.2 Å². The molecule has 0 atom stereocenters. The smallest absolute Gasteiger partial charge is 0.261 e. The Morgan fingerprint density at radius 1 is 1.32 bits per heavy atom. The van der Waals surface area contributed by atoms with Crippen LogP contribution in [-0.2, 0) is 17.7 Å². The van der Waals surface area contributed by atoms with E-state index in [1.807, 2.05) is 6.92 Å². The molecular formula is C16H21N3O3. The minimum Gasteiger partial charge on any atom is -0.504 e. The Bertz CT molecular complexity index is 720. The number of ether oxygens (including phenoxy) is 1. The lowest BCUT2D eigenvalue weighted by molar-refractivity contribution is 0.0339. The molecule has 1 aliphatic heterocycles. The Hall–Kier alpha value is -1.92. The maximum atomic E-state index is 12.4. The van der Waals surface area contributed by atoms with Crippen LogP contribution in [-0.4, -0.2) is 45.7 Å². The Morgan fingerprint density at radius 3 is 2.82 bits per heavy atom. The van der Waals surface area contributed by atoms with Crippen molar-refractivity contribution in [1.82, 2.24) is 14.3 Å². The first-order chi connectivity index (χ1) is 10.7. The summed E-state index contributed by atoms with van der Waals surface area (Å²) in [6, 6.07) is 1.80. The third-order valence-electron chi connectivity index (χ3n) is 4.02. The van der Waals surface area contributed by atoms with Gasteiger partial charge in [-0.2, -0.15) is 0 Å². The van der Waals surface area contributed by atoms with Crippen LogP contribution in [0.5, 0.6) is 5.75 Å². The van der Waals surface area contributed by atoms with E-state index in [9.17, 15) is 9.90 Å². The van der Waals surface area contributed by atoms with Crippen LogP contribution in [0.25, 0.3) is 5.65 Å². The molecule has 2 aromatic heterocycles. The molecule has 0 amide bonds. The molecule has 0 unspecified atom stereocenters. The van der Waals surface area contributed by atoms with Gasteiger partial charge in [-0.15, -0.1) is 0 Å². The number of morpholine rings is 1. The predicted octanol–water partition coefficient (Wildman–Crippen LogP) is 1.18. The normalized spacial score (nSPS) is 16.2. The molecular weight excluding hydrogens is 282 g/mol. The van der Waals surface area contributed by atoms with Crippen molar-refractivity contribution in [1.29, 1.82) is 0 Å². The minimum atomic E-state index is -0.0972. The first kappa shape index (κ1) is 15.0. The fraction of sp³-hybridized carbons (Fsp3) is 0.500. The second-order valence-electron chi connectivity index (χ2n) is 5.61. The summed E-state index contributed by atoms with van der Waals surface area (Å²) in [6.07, 6.45) is 4.88. The standard InChI is InChI=1S/C16H21N3O3/c1-2-3-12-10-17-15-14(20)13(4-5-19(15)16(12)21)11-18-6-8-22-9-7-18/h4-5,10,20H,2-3,6-9,11H2,1H3. The van der Waals surface area contributed by atoms with Crippen LogP contribution in [0.2, 0.25) is 0 Å². The number of aromatic hydroxyl groups is 1. The summed E-state index contributed by atoms with van der Waals surface area (Å²) in [5.74, 6) is 0.0918. The van der Waals surface area contributed by atoms with Crippen molar-refractivity contribution in [3.63, 3.8) is 0 Å². The molecule has 1 fully saturated rings. The van der Waals surface area contributed by atoms with E-state index >= 15 is 0 Å². The molecule has 0 saturated carbocycles. The monoisotopic (exact) mass is 303 g/mol. The number of nitrogens with zero attached hydrogens (tertiary/aromatic N) is 3. The summed E-state index contributed by atoms with van der Waals surface area (Å²) in [7, 11) is 0. The molecule has 22 heavy (non-hydrogen) atoms. The fourth-order valence-electron chi connectivity index (χ4n) is 2.78. The highest BCUT2D eigenvalue weighted by Crippen LogP contribution is 2.23. The van der Waals surface area contributed by atoms with Crippen molar-refractivity contribution in [2.24, 2.45) is 0 Å². The molecule has 118 valence electrons. The number of pyridine rings is 1. The summed E-state index contributed by atoms with van der Waals surface area (Å²) in [5, 5.41) is 10.4. The van der Waals surface area contributed by atoms with E-state index in [-0.39, 0.29) is 11.3 Å². The molecule has 3 rings (SSSR count). The summed E-state index contributed by atoms with van der Waals surface area (Å²) in [6.45, 7) is 5.79. The second kappa shape index (κ2) is 6.46. The average Bonchev–Trinajstić information content (AvgIpc) is 2.54. The predicted molar refractivity (Wildman–Crippen MR) is 83.2 cm³/mol. The van der Waals surface area contributed by atoms with Crippen molar-refractivity contribution in [3.05, 3.63) is 39.9 Å². The maximum absolute atomic E-state index is 12.4. The van der Waals surface area contributed by atoms with E-state index in [4.69, 9.17) is 4.74 Å². The quantitative estimate of drug-likeness (QED) is 0.919. The molecule has 1 aliphatic rings. The van der Waals surface area contributed by atoms with Crippen molar-refractivity contribution in [3.8, 4) is 5.75 Å². The first-order valence-corrected chi connectivity index (χ1v) is 7.72. The number of hydrogen-bond acceptors (Lipinski definition) is 5. The molecule has 0 spiro atoms. The number of fused-ring (bicyclic) bond motifs is 1. The third kappa shape index (κ3) is 2.84. The SMILES string of the molecule is CCCc1cnc2c(O)c(CN3CCOCC3)ccn2c1=O. The van der Waals surface area contributed by atoms with Gasteiger partial charge in [0.2, 0.25) is 0 Å². The highest BCUT2D eigenvalue weighted by atomic mass is 16.5. The zero-order valence-corrected chi connectivity index (χ0v) is 12.8. The van der Waals surface area contributed by atoms with E-state index in [1.54, 1.807) is 18.5 Å². The summed E-state index contributed by atoms with van der Waals surface area (Å²) >= 11 is 0. The van der Waals surface area contributed by atoms with Gasteiger partial charge in [-0.3, -0.25) is 14.1 Å². The van der Waals surface area contributed by atoms with Crippen molar-refractivity contribution in [2.75, 3.05) is 26.3 Å². The number of hydrogen-bond donors (Lipinski definition) is 1.